The van der Waals surface area contributed by atoms with Gasteiger partial charge in [0.25, 0.3) is 5.69 Å². The van der Waals surface area contributed by atoms with E-state index in [0.717, 1.165) is 31.2 Å². The second kappa shape index (κ2) is 11.5. The van der Waals surface area contributed by atoms with Gasteiger partial charge in [-0.15, -0.1) is 0 Å². The molecule has 0 spiro atoms. The SMILES string of the molecule is CC1(C)Cc2cc(OCCCCCc3ccccc3)cc(O)c2C(C(=O)Oc2ccc([N+](=O)[O-])cc2)C1. The first kappa shape index (κ1) is 26.2. The third kappa shape index (κ3) is 6.88. The maximum Gasteiger partial charge on any atom is 0.318 e. The number of nitrogens with zero attached hydrogens (tertiary/aromatic N) is 1. The van der Waals surface area contributed by atoms with Gasteiger partial charge in [-0.2, -0.15) is 0 Å². The molecule has 0 aliphatic heterocycles. The normalized spacial score (nSPS) is 16.0. The molecule has 1 aliphatic carbocycles. The number of carbonyl (C=O) groups is 1. The highest BCUT2D eigenvalue weighted by atomic mass is 16.6. The fourth-order valence-corrected chi connectivity index (χ4v) is 5.01. The van der Waals surface area contributed by atoms with E-state index in [9.17, 15) is 20.0 Å². The molecule has 0 aromatic heterocycles. The van der Waals surface area contributed by atoms with Crippen molar-refractivity contribution in [1.29, 1.82) is 0 Å². The van der Waals surface area contributed by atoms with E-state index in [4.69, 9.17) is 9.47 Å². The fraction of sp³-hybridized carbons (Fsp3) is 0.367. The molecule has 3 aromatic rings. The molecule has 1 unspecified atom stereocenters. The quantitative estimate of drug-likeness (QED) is 0.108. The number of aryl methyl sites for hydroxylation is 1. The van der Waals surface area contributed by atoms with Gasteiger partial charge in [0, 0.05) is 23.8 Å². The van der Waals surface area contributed by atoms with Gasteiger partial charge in [-0.25, -0.2) is 0 Å². The van der Waals surface area contributed by atoms with Crippen LogP contribution in [0.3, 0.4) is 0 Å². The molecule has 0 bridgehead atoms. The van der Waals surface area contributed by atoms with E-state index in [-0.39, 0.29) is 22.6 Å². The van der Waals surface area contributed by atoms with Crippen LogP contribution < -0.4 is 9.47 Å². The lowest BCUT2D eigenvalue weighted by Crippen LogP contribution is -2.32. The summed E-state index contributed by atoms with van der Waals surface area (Å²) in [4.78, 5) is 23.5. The van der Waals surface area contributed by atoms with Crippen molar-refractivity contribution in [2.24, 2.45) is 5.41 Å². The zero-order chi connectivity index (χ0) is 26.4. The Bertz CT molecular complexity index is 1240. The van der Waals surface area contributed by atoms with E-state index in [1.807, 2.05) is 12.1 Å². The second-order valence-electron chi connectivity index (χ2n) is 10.4. The molecule has 4 rings (SSSR count). The van der Waals surface area contributed by atoms with Crippen LogP contribution in [0.5, 0.6) is 17.2 Å². The van der Waals surface area contributed by atoms with Crippen molar-refractivity contribution in [3.63, 3.8) is 0 Å². The number of benzene rings is 3. The first-order valence-corrected chi connectivity index (χ1v) is 12.7. The first-order chi connectivity index (χ1) is 17.7. The second-order valence-corrected chi connectivity index (χ2v) is 10.4. The van der Waals surface area contributed by atoms with E-state index in [1.54, 1.807) is 6.07 Å². The van der Waals surface area contributed by atoms with Crippen LogP contribution in [0.1, 0.15) is 62.1 Å². The zero-order valence-corrected chi connectivity index (χ0v) is 21.3. The number of nitro groups is 1. The number of unbranched alkanes of at least 4 members (excludes halogenated alkanes) is 2. The smallest absolute Gasteiger partial charge is 0.318 e. The molecule has 3 aromatic carbocycles. The molecule has 37 heavy (non-hydrogen) atoms. The van der Waals surface area contributed by atoms with Crippen molar-refractivity contribution < 1.29 is 24.3 Å². The van der Waals surface area contributed by atoms with E-state index in [2.05, 4.69) is 38.1 Å². The van der Waals surface area contributed by atoms with Crippen LogP contribution in [0.2, 0.25) is 0 Å². The number of phenols is 1. The summed E-state index contributed by atoms with van der Waals surface area (Å²) >= 11 is 0. The minimum atomic E-state index is -0.652. The topological polar surface area (TPSA) is 98.9 Å². The van der Waals surface area contributed by atoms with Crippen molar-refractivity contribution in [3.05, 3.63) is 93.5 Å². The number of hydrogen-bond donors (Lipinski definition) is 1. The number of phenolic OH excluding ortho intramolecular Hbond substituents is 1. The molecular weight excluding hydrogens is 470 g/mol. The average Bonchev–Trinajstić information content (AvgIpc) is 2.85. The standard InChI is InChI=1S/C30H33NO6/c1-30(2)19-22-17-25(36-16-8-4-7-11-21-9-5-3-6-10-21)18-27(32)28(22)26(20-30)29(33)37-24-14-12-23(13-15-24)31(34)35/h3,5-6,9-10,12-15,17-18,26,32H,4,7-8,11,16,19-20H2,1-2H3. The number of non-ortho nitro benzene ring substituents is 1. The lowest BCUT2D eigenvalue weighted by molar-refractivity contribution is -0.384. The van der Waals surface area contributed by atoms with Gasteiger partial charge in [0.05, 0.1) is 17.4 Å². The lowest BCUT2D eigenvalue weighted by Gasteiger charge is -2.36. The lowest BCUT2D eigenvalue weighted by atomic mass is 9.69. The molecule has 0 radical (unpaired) electrons. The number of aromatic hydroxyl groups is 1. The molecule has 7 nitrogen and oxygen atoms in total. The van der Waals surface area contributed by atoms with E-state index in [0.29, 0.717) is 30.8 Å². The molecule has 0 fully saturated rings. The first-order valence-electron chi connectivity index (χ1n) is 12.7. The number of rotatable bonds is 10. The zero-order valence-electron chi connectivity index (χ0n) is 21.3. The Morgan fingerprint density at radius 1 is 1.03 bits per heavy atom. The number of carbonyl (C=O) groups excluding carboxylic acids is 1. The van der Waals surface area contributed by atoms with Crippen molar-refractivity contribution in [2.75, 3.05) is 6.61 Å². The van der Waals surface area contributed by atoms with Crippen molar-refractivity contribution in [2.45, 2.75) is 58.3 Å². The van der Waals surface area contributed by atoms with Gasteiger partial charge in [0.15, 0.2) is 0 Å². The predicted molar refractivity (Wildman–Crippen MR) is 141 cm³/mol. The van der Waals surface area contributed by atoms with Gasteiger partial charge >= 0.3 is 5.97 Å². The summed E-state index contributed by atoms with van der Waals surface area (Å²) < 4.78 is 11.5. The molecule has 0 saturated carbocycles. The van der Waals surface area contributed by atoms with Gasteiger partial charge in [-0.05, 0) is 73.3 Å². The van der Waals surface area contributed by atoms with Gasteiger partial charge in [0.2, 0.25) is 0 Å². The Hall–Kier alpha value is -3.87. The summed E-state index contributed by atoms with van der Waals surface area (Å²) in [7, 11) is 0. The molecule has 0 heterocycles. The minimum Gasteiger partial charge on any atom is -0.507 e. The summed E-state index contributed by atoms with van der Waals surface area (Å²) in [6.07, 6.45) is 5.32. The Labute approximate surface area is 217 Å². The van der Waals surface area contributed by atoms with Crippen molar-refractivity contribution in [1.82, 2.24) is 0 Å². The maximum absolute atomic E-state index is 13.2. The van der Waals surface area contributed by atoms with Crippen LogP contribution in [-0.4, -0.2) is 22.6 Å². The third-order valence-corrected chi connectivity index (χ3v) is 6.76. The van der Waals surface area contributed by atoms with Crippen LogP contribution >= 0.6 is 0 Å². The Morgan fingerprint density at radius 3 is 2.46 bits per heavy atom. The molecule has 1 aliphatic rings. The highest BCUT2D eigenvalue weighted by Crippen LogP contribution is 2.47. The molecule has 1 atom stereocenters. The largest absolute Gasteiger partial charge is 0.507 e. The molecule has 1 N–H and O–H groups in total. The van der Waals surface area contributed by atoms with E-state index < -0.39 is 16.8 Å². The molecule has 0 saturated heterocycles. The highest BCUT2D eigenvalue weighted by Gasteiger charge is 2.39. The Kier molecular flexibility index (Phi) is 8.11. The molecule has 0 amide bonds. The van der Waals surface area contributed by atoms with Crippen LogP contribution in [-0.2, 0) is 17.6 Å². The van der Waals surface area contributed by atoms with Gasteiger partial charge in [-0.1, -0.05) is 44.2 Å². The van der Waals surface area contributed by atoms with Gasteiger partial charge < -0.3 is 14.6 Å². The van der Waals surface area contributed by atoms with Crippen molar-refractivity contribution in [3.8, 4) is 17.2 Å². The highest BCUT2D eigenvalue weighted by molar-refractivity contribution is 5.82. The maximum atomic E-state index is 13.2. The Balaban J connectivity index is 1.39. The monoisotopic (exact) mass is 503 g/mol. The average molecular weight is 504 g/mol. The number of hydrogen-bond acceptors (Lipinski definition) is 6. The van der Waals surface area contributed by atoms with Crippen LogP contribution in [0, 0.1) is 15.5 Å². The molecular formula is C30H33NO6. The summed E-state index contributed by atoms with van der Waals surface area (Å²) in [6.45, 7) is 4.72. The third-order valence-electron chi connectivity index (χ3n) is 6.76. The molecule has 194 valence electrons. The Morgan fingerprint density at radius 2 is 1.76 bits per heavy atom. The fourth-order valence-electron chi connectivity index (χ4n) is 5.01. The van der Waals surface area contributed by atoms with E-state index in [1.165, 1.54) is 29.8 Å². The number of esters is 1. The number of ether oxygens (including phenoxy) is 2. The summed E-state index contributed by atoms with van der Waals surface area (Å²) in [5, 5.41) is 21.8. The summed E-state index contributed by atoms with van der Waals surface area (Å²) in [5.41, 5.74) is 2.52. The molecule has 7 heteroatoms. The van der Waals surface area contributed by atoms with Crippen molar-refractivity contribution >= 4 is 11.7 Å². The number of fused-ring (bicyclic) bond motifs is 1. The van der Waals surface area contributed by atoms with Crippen LogP contribution in [0.25, 0.3) is 0 Å². The predicted octanol–water partition coefficient (Wildman–Crippen LogP) is 6.75. The minimum absolute atomic E-state index is 0.0257. The number of nitro benzene ring substituents is 1. The van der Waals surface area contributed by atoms with Gasteiger partial charge in [-0.3, -0.25) is 14.9 Å². The van der Waals surface area contributed by atoms with Gasteiger partial charge in [0.1, 0.15) is 17.2 Å². The van der Waals surface area contributed by atoms with E-state index >= 15 is 0 Å². The van der Waals surface area contributed by atoms with Crippen LogP contribution in [0.4, 0.5) is 5.69 Å². The van der Waals surface area contributed by atoms with Crippen LogP contribution in [0.15, 0.2) is 66.7 Å². The summed E-state index contributed by atoms with van der Waals surface area (Å²) in [5.74, 6) is -0.296. The summed E-state index contributed by atoms with van der Waals surface area (Å²) in [6, 6.07) is 19.3.